The molecule has 2 aliphatic rings. The molecule has 2 N–H and O–H groups in total. The zero-order valence-electron chi connectivity index (χ0n) is 24.3. The topological polar surface area (TPSA) is 119 Å². The van der Waals surface area contributed by atoms with Crippen LogP contribution in [0.15, 0.2) is 48.7 Å². The van der Waals surface area contributed by atoms with Crippen LogP contribution in [0.1, 0.15) is 41.9 Å². The second-order valence-corrected chi connectivity index (χ2v) is 11.6. The summed E-state index contributed by atoms with van der Waals surface area (Å²) < 4.78 is 67.2. The van der Waals surface area contributed by atoms with E-state index in [9.17, 15) is 17.6 Å². The van der Waals surface area contributed by atoms with Crippen molar-refractivity contribution in [2.24, 2.45) is 0 Å². The molecule has 4 aromatic heterocycles. The maximum Gasteiger partial charge on any atom is 0.451 e. The van der Waals surface area contributed by atoms with Crippen LogP contribution >= 0.6 is 11.6 Å². The van der Waals surface area contributed by atoms with Crippen molar-refractivity contribution in [3.63, 3.8) is 0 Å². The van der Waals surface area contributed by atoms with Crippen molar-refractivity contribution in [2.45, 2.75) is 44.3 Å². The van der Waals surface area contributed by atoms with Gasteiger partial charge in [-0.05, 0) is 42.7 Å². The van der Waals surface area contributed by atoms with Gasteiger partial charge in [0.2, 0.25) is 11.7 Å². The Labute approximate surface area is 264 Å². The van der Waals surface area contributed by atoms with Gasteiger partial charge < -0.3 is 14.0 Å². The van der Waals surface area contributed by atoms with Crippen molar-refractivity contribution in [1.29, 1.82) is 0 Å². The normalized spacial score (nSPS) is 18.1. The van der Waals surface area contributed by atoms with Crippen LogP contribution in [0.25, 0.3) is 22.6 Å². The molecular weight excluding hydrogens is 630 g/mol. The van der Waals surface area contributed by atoms with Crippen LogP contribution in [0.3, 0.4) is 0 Å². The van der Waals surface area contributed by atoms with Crippen LogP contribution in [0, 0.1) is 5.82 Å². The first kappa shape index (κ1) is 30.5. The zero-order chi connectivity index (χ0) is 31.8. The average Bonchev–Trinajstić information content (AvgIpc) is 3.80. The highest BCUT2D eigenvalue weighted by molar-refractivity contribution is 6.30. The number of likely N-dealkylation sites (tertiary alicyclic amines) is 1. The molecule has 5 aromatic rings. The molecule has 6 heterocycles. The van der Waals surface area contributed by atoms with Crippen LogP contribution in [0.2, 0.25) is 5.02 Å². The molecule has 16 heteroatoms. The monoisotopic (exact) mass is 657 g/mol. The van der Waals surface area contributed by atoms with Crippen LogP contribution in [0.4, 0.5) is 17.6 Å². The van der Waals surface area contributed by atoms with Crippen molar-refractivity contribution in [3.05, 3.63) is 82.4 Å². The number of H-pyrrole nitrogens is 1. The highest BCUT2D eigenvalue weighted by atomic mass is 35.5. The predicted molar refractivity (Wildman–Crippen MR) is 158 cm³/mol. The van der Waals surface area contributed by atoms with Crippen LogP contribution in [-0.4, -0.2) is 72.1 Å². The summed E-state index contributed by atoms with van der Waals surface area (Å²) in [6.07, 6.45) is -1.42. The Bertz CT molecular complexity index is 1850. The van der Waals surface area contributed by atoms with E-state index in [4.69, 9.17) is 26.1 Å². The molecule has 0 saturated carbocycles. The van der Waals surface area contributed by atoms with E-state index in [0.29, 0.717) is 54.0 Å². The lowest BCUT2D eigenvalue weighted by Gasteiger charge is -2.32. The van der Waals surface area contributed by atoms with Gasteiger partial charge in [-0.25, -0.2) is 19.3 Å². The van der Waals surface area contributed by atoms with Gasteiger partial charge in [0.1, 0.15) is 29.6 Å². The fourth-order valence-corrected chi connectivity index (χ4v) is 5.88. The molecule has 1 unspecified atom stereocenters. The molecule has 1 aromatic carbocycles. The minimum absolute atomic E-state index is 0.0373. The molecular formula is C30H28ClF4N9O2. The summed E-state index contributed by atoms with van der Waals surface area (Å²) in [5.74, 6) is -0.453. The second-order valence-electron chi connectivity index (χ2n) is 11.2. The summed E-state index contributed by atoms with van der Waals surface area (Å²) >= 11 is 5.88. The van der Waals surface area contributed by atoms with E-state index in [0.717, 1.165) is 37.3 Å². The minimum atomic E-state index is -4.64. The molecule has 0 amide bonds. The van der Waals surface area contributed by atoms with E-state index in [2.05, 4.69) is 30.3 Å². The molecule has 2 saturated heterocycles. The zero-order valence-corrected chi connectivity index (χ0v) is 25.0. The number of hydrogen-bond acceptors (Lipinski definition) is 9. The van der Waals surface area contributed by atoms with E-state index >= 15 is 0 Å². The number of halogens is 5. The lowest BCUT2D eigenvalue weighted by atomic mass is 10.1. The fourth-order valence-electron chi connectivity index (χ4n) is 5.72. The molecule has 2 aliphatic heterocycles. The standard InChI is InChI=1S/C30H28ClF4N9O2/c31-18-5-4-17(21(32)11-18)10-19-2-1-3-27(38-19)46-20-6-8-43(9-7-20)14-25-39-22-12-23(28-40-29(42-41-28)30(33,34)35)36-13-24(22)44(25)26-15-45-16-37-26/h1-5,11-13,20,26,37H,6-10,14-16H2,(H,40,41,42). The van der Waals surface area contributed by atoms with Gasteiger partial charge in [-0.2, -0.15) is 18.3 Å². The number of nitrogens with one attached hydrogen (secondary N) is 2. The number of hydrogen-bond donors (Lipinski definition) is 2. The van der Waals surface area contributed by atoms with Crippen molar-refractivity contribution < 1.29 is 27.0 Å². The van der Waals surface area contributed by atoms with Crippen molar-refractivity contribution in [2.75, 3.05) is 26.4 Å². The second kappa shape index (κ2) is 12.5. The third-order valence-corrected chi connectivity index (χ3v) is 8.23. The van der Waals surface area contributed by atoms with Crippen molar-refractivity contribution in [3.8, 4) is 17.4 Å². The molecule has 0 radical (unpaired) electrons. The van der Waals surface area contributed by atoms with E-state index in [1.54, 1.807) is 30.5 Å². The number of nitrogens with zero attached hydrogens (tertiary/aromatic N) is 7. The Balaban J connectivity index is 1.03. The van der Waals surface area contributed by atoms with Crippen LogP contribution < -0.4 is 10.1 Å². The Kier molecular flexibility index (Phi) is 8.31. The highest BCUT2D eigenvalue weighted by Gasteiger charge is 2.35. The number of imidazole rings is 1. The van der Waals surface area contributed by atoms with Gasteiger partial charge in [-0.1, -0.05) is 23.7 Å². The lowest BCUT2D eigenvalue weighted by molar-refractivity contribution is -0.144. The first-order valence-corrected chi connectivity index (χ1v) is 15.0. The van der Waals surface area contributed by atoms with Gasteiger partial charge in [0.05, 0.1) is 37.1 Å². The number of aromatic amines is 1. The number of fused-ring (bicyclic) bond motifs is 1. The third kappa shape index (κ3) is 6.54. The Morgan fingerprint density at radius 3 is 2.65 bits per heavy atom. The molecule has 240 valence electrons. The van der Waals surface area contributed by atoms with Gasteiger partial charge in [0, 0.05) is 36.3 Å². The number of pyridine rings is 2. The van der Waals surface area contributed by atoms with E-state index in [1.807, 2.05) is 21.8 Å². The molecule has 2 fully saturated rings. The van der Waals surface area contributed by atoms with Gasteiger partial charge in [0.25, 0.3) is 0 Å². The number of piperidine rings is 1. The smallest absolute Gasteiger partial charge is 0.451 e. The third-order valence-electron chi connectivity index (χ3n) is 8.00. The number of rotatable bonds is 8. The largest absolute Gasteiger partial charge is 0.474 e. The van der Waals surface area contributed by atoms with E-state index < -0.39 is 12.0 Å². The van der Waals surface area contributed by atoms with Crippen molar-refractivity contribution in [1.82, 2.24) is 44.9 Å². The van der Waals surface area contributed by atoms with Gasteiger partial charge in [0.15, 0.2) is 5.82 Å². The average molecular weight is 658 g/mol. The first-order valence-electron chi connectivity index (χ1n) is 14.7. The maximum atomic E-state index is 14.3. The van der Waals surface area contributed by atoms with Crippen LogP contribution in [-0.2, 0) is 23.9 Å². The number of aromatic nitrogens is 7. The summed E-state index contributed by atoms with van der Waals surface area (Å²) in [4.78, 5) is 19.6. The Hall–Kier alpha value is -4.18. The summed E-state index contributed by atoms with van der Waals surface area (Å²) in [6.45, 7) is 2.86. The molecule has 11 nitrogen and oxygen atoms in total. The summed E-state index contributed by atoms with van der Waals surface area (Å²) in [7, 11) is 0. The Morgan fingerprint density at radius 1 is 1.07 bits per heavy atom. The SMILES string of the molecule is Fc1cc(Cl)ccc1Cc1cccc(OC2CCN(Cc3nc4cc(-c5n[nH]c(C(F)(F)F)n5)ncc4n3C3COCN3)CC2)n1. The summed E-state index contributed by atoms with van der Waals surface area (Å²) in [5, 5.41) is 9.27. The Morgan fingerprint density at radius 2 is 1.91 bits per heavy atom. The highest BCUT2D eigenvalue weighted by Crippen LogP contribution is 2.30. The number of benzene rings is 1. The lowest BCUT2D eigenvalue weighted by Crippen LogP contribution is -2.39. The minimum Gasteiger partial charge on any atom is -0.474 e. The predicted octanol–water partition coefficient (Wildman–Crippen LogP) is 5.13. The van der Waals surface area contributed by atoms with Gasteiger partial charge >= 0.3 is 6.18 Å². The maximum absolute atomic E-state index is 14.3. The summed E-state index contributed by atoms with van der Waals surface area (Å²) in [6, 6.07) is 11.7. The van der Waals surface area contributed by atoms with Crippen molar-refractivity contribution >= 4 is 22.6 Å². The summed E-state index contributed by atoms with van der Waals surface area (Å²) in [5.41, 5.74) is 2.67. The molecule has 46 heavy (non-hydrogen) atoms. The number of alkyl halides is 3. The quantitative estimate of drug-likeness (QED) is 0.219. The van der Waals surface area contributed by atoms with Gasteiger partial charge in [-0.15, -0.1) is 0 Å². The number of ether oxygens (including phenoxy) is 2. The molecule has 0 bridgehead atoms. The van der Waals surface area contributed by atoms with E-state index in [-0.39, 0.29) is 29.6 Å². The molecule has 7 rings (SSSR count). The van der Waals surface area contributed by atoms with E-state index in [1.165, 1.54) is 6.07 Å². The van der Waals surface area contributed by atoms with Gasteiger partial charge in [-0.3, -0.25) is 20.3 Å². The molecule has 0 aliphatic carbocycles. The van der Waals surface area contributed by atoms with Crippen LogP contribution in [0.5, 0.6) is 5.88 Å². The first-order chi connectivity index (χ1) is 22.2. The molecule has 1 atom stereocenters. The molecule has 0 spiro atoms. The fraction of sp³-hybridized carbons (Fsp3) is 0.367.